The monoisotopic (exact) mass is 271 g/mol. The van der Waals surface area contributed by atoms with Gasteiger partial charge < -0.3 is 5.73 Å². The minimum absolute atomic E-state index is 0. The molecule has 0 aromatic heterocycles. The second-order valence-electron chi connectivity index (χ2n) is 2.16. The van der Waals surface area contributed by atoms with E-state index in [-0.39, 0.29) is 64.0 Å². The van der Waals surface area contributed by atoms with Gasteiger partial charge in [0.05, 0.1) is 4.90 Å². The van der Waals surface area contributed by atoms with Crippen molar-refractivity contribution in [2.75, 3.05) is 5.73 Å². The second kappa shape index (κ2) is 7.04. The summed E-state index contributed by atoms with van der Waals surface area (Å²) in [5.74, 6) is 0. The van der Waals surface area contributed by atoms with E-state index in [4.69, 9.17) is 16.4 Å². The summed E-state index contributed by atoms with van der Waals surface area (Å²) in [5, 5.41) is 0. The van der Waals surface area contributed by atoms with Gasteiger partial charge in [0.25, 0.3) is 9.05 Å². The van der Waals surface area contributed by atoms with Crippen molar-refractivity contribution in [2.45, 2.75) is 9.79 Å². The van der Waals surface area contributed by atoms with Crippen LogP contribution in [-0.4, -0.2) is 67.5 Å². The third-order valence-corrected chi connectivity index (χ3v) is 3.04. The first-order valence-electron chi connectivity index (χ1n) is 2.94. The van der Waals surface area contributed by atoms with E-state index in [2.05, 4.69) is 12.6 Å². The van der Waals surface area contributed by atoms with Crippen LogP contribution in [0, 0.1) is 0 Å². The third kappa shape index (κ3) is 5.09. The van der Waals surface area contributed by atoms with Crippen LogP contribution >= 0.6 is 23.3 Å². The van der Waals surface area contributed by atoms with Crippen molar-refractivity contribution in [1.29, 1.82) is 0 Å². The zero-order chi connectivity index (χ0) is 9.35. The Labute approximate surface area is 137 Å². The van der Waals surface area contributed by atoms with Crippen LogP contribution in [0.15, 0.2) is 28.0 Å². The van der Waals surface area contributed by atoms with Gasteiger partial charge in [0.15, 0.2) is 0 Å². The fourth-order valence-corrected chi connectivity index (χ4v) is 1.61. The van der Waals surface area contributed by atoms with Crippen LogP contribution in [-0.2, 0) is 9.05 Å². The maximum atomic E-state index is 10.8. The van der Waals surface area contributed by atoms with Crippen molar-refractivity contribution in [2.24, 2.45) is 0 Å². The van der Waals surface area contributed by atoms with Gasteiger partial charge >= 0.3 is 59.1 Å². The van der Waals surface area contributed by atoms with Crippen LogP contribution in [0.5, 0.6) is 0 Å². The molecule has 0 saturated carbocycles. The Kier molecular flexibility index (Phi) is 9.04. The molecular formula is C6H8ClNNa2O2S2. The van der Waals surface area contributed by atoms with Gasteiger partial charge in [-0.25, -0.2) is 8.42 Å². The normalized spacial score (nSPS) is 9.86. The summed E-state index contributed by atoms with van der Waals surface area (Å²) in [6.45, 7) is 0. The number of benzene rings is 1. The summed E-state index contributed by atoms with van der Waals surface area (Å²) < 4.78 is 21.6. The van der Waals surface area contributed by atoms with E-state index in [0.717, 1.165) is 0 Å². The molecule has 0 atom stereocenters. The van der Waals surface area contributed by atoms with Crippen LogP contribution in [0.2, 0.25) is 0 Å². The van der Waals surface area contributed by atoms with Gasteiger partial charge in [-0.05, 0) is 18.2 Å². The molecule has 0 bridgehead atoms. The molecule has 3 nitrogen and oxygen atoms in total. The van der Waals surface area contributed by atoms with Crippen molar-refractivity contribution >= 4 is 97.2 Å². The molecule has 0 aliphatic heterocycles. The topological polar surface area (TPSA) is 60.2 Å². The molecule has 0 aliphatic carbocycles. The number of nitrogen functional groups attached to an aromatic ring is 1. The fraction of sp³-hybridized carbons (Fsp3) is 0. The average molecular weight is 272 g/mol. The summed E-state index contributed by atoms with van der Waals surface area (Å²) in [4.78, 5) is 0.513. The summed E-state index contributed by atoms with van der Waals surface area (Å²) in [6, 6.07) is 4.10. The maximum absolute atomic E-state index is 10.8. The van der Waals surface area contributed by atoms with E-state index in [1.165, 1.54) is 18.2 Å². The Balaban J connectivity index is 0. The van der Waals surface area contributed by atoms with E-state index in [1.54, 1.807) is 0 Å². The summed E-state index contributed by atoms with van der Waals surface area (Å²) >= 11 is 3.98. The number of rotatable bonds is 1. The SMILES string of the molecule is Nc1cc(S(=O)(=O)Cl)ccc1S.[NaH].[NaH]. The van der Waals surface area contributed by atoms with Crippen molar-refractivity contribution in [3.05, 3.63) is 18.2 Å². The van der Waals surface area contributed by atoms with Crippen LogP contribution < -0.4 is 5.73 Å². The zero-order valence-corrected chi connectivity index (χ0v) is 8.33. The number of hydrogen-bond donors (Lipinski definition) is 2. The molecule has 8 heteroatoms. The minimum atomic E-state index is -3.68. The van der Waals surface area contributed by atoms with Gasteiger partial charge in [0.2, 0.25) is 0 Å². The molecule has 70 valence electrons. The number of hydrogen-bond acceptors (Lipinski definition) is 4. The number of nitrogens with two attached hydrogens (primary N) is 1. The fourth-order valence-electron chi connectivity index (χ4n) is 0.684. The predicted octanol–water partition coefficient (Wildman–Crippen LogP) is 0.188. The Bertz CT molecular complexity index is 410. The molecule has 0 unspecified atom stereocenters. The van der Waals surface area contributed by atoms with Gasteiger partial charge in [-0.3, -0.25) is 0 Å². The Morgan fingerprint density at radius 1 is 1.29 bits per heavy atom. The molecule has 0 heterocycles. The molecule has 0 saturated heterocycles. The predicted molar refractivity (Wildman–Crippen MR) is 65.4 cm³/mol. The van der Waals surface area contributed by atoms with Crippen molar-refractivity contribution in [3.63, 3.8) is 0 Å². The Morgan fingerprint density at radius 2 is 1.79 bits per heavy atom. The molecule has 0 spiro atoms. The van der Waals surface area contributed by atoms with E-state index in [1.807, 2.05) is 0 Å². The molecule has 1 rings (SSSR count). The van der Waals surface area contributed by atoms with Crippen molar-refractivity contribution in [1.82, 2.24) is 0 Å². The second-order valence-corrected chi connectivity index (χ2v) is 5.21. The first-order valence-corrected chi connectivity index (χ1v) is 5.70. The first kappa shape index (κ1) is 18.0. The summed E-state index contributed by atoms with van der Waals surface area (Å²) in [6.07, 6.45) is 0. The van der Waals surface area contributed by atoms with E-state index in [0.29, 0.717) is 10.6 Å². The number of halogens is 1. The van der Waals surface area contributed by atoms with Crippen LogP contribution in [0.1, 0.15) is 0 Å². The zero-order valence-electron chi connectivity index (χ0n) is 5.86. The quantitative estimate of drug-likeness (QED) is 0.332. The van der Waals surface area contributed by atoms with Gasteiger partial charge in [-0.2, -0.15) is 0 Å². The molecule has 1 aromatic rings. The Hall–Kier alpha value is 1.61. The molecule has 2 N–H and O–H groups in total. The number of anilines is 1. The average Bonchev–Trinajstić information content (AvgIpc) is 1.92. The molecule has 0 fully saturated rings. The molecule has 0 amide bonds. The van der Waals surface area contributed by atoms with Gasteiger partial charge in [0.1, 0.15) is 0 Å². The van der Waals surface area contributed by atoms with E-state index < -0.39 is 9.05 Å². The van der Waals surface area contributed by atoms with Crippen LogP contribution in [0.25, 0.3) is 0 Å². The standard InChI is InChI=1S/C6H6ClNO2S2.2Na.2H/c7-12(9,10)4-1-2-6(11)5(8)3-4;;;;/h1-3,11H,8H2;;;;. The van der Waals surface area contributed by atoms with E-state index >= 15 is 0 Å². The molecule has 0 aliphatic rings. The van der Waals surface area contributed by atoms with Crippen molar-refractivity contribution in [3.8, 4) is 0 Å². The van der Waals surface area contributed by atoms with Crippen LogP contribution in [0.4, 0.5) is 5.69 Å². The van der Waals surface area contributed by atoms with Gasteiger partial charge in [0, 0.05) is 21.3 Å². The van der Waals surface area contributed by atoms with Crippen LogP contribution in [0.3, 0.4) is 0 Å². The molecule has 14 heavy (non-hydrogen) atoms. The molecular weight excluding hydrogens is 264 g/mol. The molecule has 0 radical (unpaired) electrons. The Morgan fingerprint density at radius 3 is 2.14 bits per heavy atom. The summed E-state index contributed by atoms with van der Waals surface area (Å²) in [5.41, 5.74) is 5.71. The summed E-state index contributed by atoms with van der Waals surface area (Å²) in [7, 11) is 1.39. The third-order valence-electron chi connectivity index (χ3n) is 1.28. The first-order chi connectivity index (χ1) is 5.41. The van der Waals surface area contributed by atoms with Gasteiger partial charge in [-0.1, -0.05) is 0 Å². The van der Waals surface area contributed by atoms with E-state index in [9.17, 15) is 8.42 Å². The number of thiol groups is 1. The molecule has 1 aromatic carbocycles. The van der Waals surface area contributed by atoms with Crippen molar-refractivity contribution < 1.29 is 8.42 Å². The van der Waals surface area contributed by atoms with Gasteiger partial charge in [-0.15, -0.1) is 12.6 Å².